The number of hydrogen-bond acceptors (Lipinski definition) is 1. The Morgan fingerprint density at radius 2 is 1.69 bits per heavy atom. The second kappa shape index (κ2) is 2.68. The Labute approximate surface area is 99.6 Å². The fourth-order valence-electron chi connectivity index (χ4n) is 6.07. The summed E-state index contributed by atoms with van der Waals surface area (Å²) < 4.78 is 0. The summed E-state index contributed by atoms with van der Waals surface area (Å²) in [5.74, 6) is 0.764. The molecule has 3 fully saturated rings. The SMILES string of the molecule is CC1(C)CC23[C@H]1CC[C@@]2(C)CCC[C@@]3(C)O. The van der Waals surface area contributed by atoms with Crippen molar-refractivity contribution < 1.29 is 5.11 Å². The first-order chi connectivity index (χ1) is 7.25. The molecule has 1 unspecified atom stereocenters. The van der Waals surface area contributed by atoms with Gasteiger partial charge in [0.2, 0.25) is 0 Å². The maximum atomic E-state index is 10.9. The largest absolute Gasteiger partial charge is 0.390 e. The Morgan fingerprint density at radius 1 is 1.00 bits per heavy atom. The quantitative estimate of drug-likeness (QED) is 0.662. The molecule has 1 nitrogen and oxygen atoms in total. The zero-order valence-corrected chi connectivity index (χ0v) is 11.3. The molecule has 3 aliphatic rings. The number of rotatable bonds is 0. The van der Waals surface area contributed by atoms with E-state index in [9.17, 15) is 5.11 Å². The van der Waals surface area contributed by atoms with Gasteiger partial charge in [-0.15, -0.1) is 0 Å². The van der Waals surface area contributed by atoms with Gasteiger partial charge in [-0.2, -0.15) is 0 Å². The summed E-state index contributed by atoms with van der Waals surface area (Å²) >= 11 is 0. The van der Waals surface area contributed by atoms with Crippen LogP contribution >= 0.6 is 0 Å². The van der Waals surface area contributed by atoms with Crippen LogP contribution in [0, 0.1) is 22.2 Å². The Morgan fingerprint density at radius 3 is 2.31 bits per heavy atom. The standard InChI is InChI=1S/C15H26O/c1-12(2)10-15-11(12)6-9-13(15,3)7-5-8-14(15,4)16/h11,16H,5-10H2,1-4H3/t11-,13+,14+,15?/m0/s1. The lowest BCUT2D eigenvalue weighted by Gasteiger charge is -2.70. The molecule has 0 bridgehead atoms. The summed E-state index contributed by atoms with van der Waals surface area (Å²) in [7, 11) is 0. The molecular formula is C15H26O. The first-order valence-electron chi connectivity index (χ1n) is 6.98. The average Bonchev–Trinajstić information content (AvgIpc) is 2.36. The second-order valence-electron chi connectivity index (χ2n) is 7.92. The summed E-state index contributed by atoms with van der Waals surface area (Å²) in [6.07, 6.45) is 7.52. The Balaban J connectivity index is 2.08. The Kier molecular flexibility index (Phi) is 1.86. The lowest BCUT2D eigenvalue weighted by molar-refractivity contribution is -0.267. The third-order valence-corrected chi connectivity index (χ3v) is 6.69. The van der Waals surface area contributed by atoms with Gasteiger partial charge in [-0.1, -0.05) is 27.2 Å². The van der Waals surface area contributed by atoms with Crippen LogP contribution in [0.3, 0.4) is 0 Å². The zero-order chi connectivity index (χ0) is 11.8. The zero-order valence-electron chi connectivity index (χ0n) is 11.3. The van der Waals surface area contributed by atoms with E-state index < -0.39 is 5.60 Å². The van der Waals surface area contributed by atoms with E-state index >= 15 is 0 Å². The minimum Gasteiger partial charge on any atom is -0.390 e. The van der Waals surface area contributed by atoms with Crippen LogP contribution < -0.4 is 0 Å². The second-order valence-corrected chi connectivity index (χ2v) is 7.92. The van der Waals surface area contributed by atoms with Crippen LogP contribution in [0.1, 0.15) is 66.2 Å². The van der Waals surface area contributed by atoms with E-state index in [4.69, 9.17) is 0 Å². The minimum atomic E-state index is -0.406. The van der Waals surface area contributed by atoms with Gasteiger partial charge in [0.25, 0.3) is 0 Å². The molecule has 0 aliphatic heterocycles. The van der Waals surface area contributed by atoms with Gasteiger partial charge in [-0.25, -0.2) is 0 Å². The van der Waals surface area contributed by atoms with Gasteiger partial charge < -0.3 is 5.11 Å². The molecule has 92 valence electrons. The third kappa shape index (κ3) is 0.939. The maximum Gasteiger partial charge on any atom is 0.0684 e. The van der Waals surface area contributed by atoms with Gasteiger partial charge in [0, 0.05) is 5.41 Å². The van der Waals surface area contributed by atoms with Crippen molar-refractivity contribution in [2.75, 3.05) is 0 Å². The van der Waals surface area contributed by atoms with E-state index in [-0.39, 0.29) is 5.41 Å². The van der Waals surface area contributed by atoms with E-state index in [0.29, 0.717) is 10.8 Å². The first-order valence-corrected chi connectivity index (χ1v) is 6.98. The molecule has 0 radical (unpaired) electrons. The highest BCUT2D eigenvalue weighted by Crippen LogP contribution is 2.79. The lowest BCUT2D eigenvalue weighted by Crippen LogP contribution is -2.68. The van der Waals surface area contributed by atoms with Crippen molar-refractivity contribution in [3.63, 3.8) is 0 Å². The van der Waals surface area contributed by atoms with Crippen molar-refractivity contribution in [1.82, 2.24) is 0 Å². The van der Waals surface area contributed by atoms with Gasteiger partial charge in [-0.3, -0.25) is 0 Å². The molecule has 0 aromatic heterocycles. The molecule has 3 aliphatic carbocycles. The summed E-state index contributed by atoms with van der Waals surface area (Å²) in [4.78, 5) is 0. The molecular weight excluding hydrogens is 196 g/mol. The summed E-state index contributed by atoms with van der Waals surface area (Å²) in [5.41, 5.74) is 0.743. The molecule has 0 heterocycles. The van der Waals surface area contributed by atoms with Crippen molar-refractivity contribution in [2.45, 2.75) is 71.8 Å². The highest BCUT2D eigenvalue weighted by atomic mass is 16.3. The molecule has 4 atom stereocenters. The van der Waals surface area contributed by atoms with Crippen LogP contribution in [-0.4, -0.2) is 10.7 Å². The van der Waals surface area contributed by atoms with Crippen LogP contribution in [0.4, 0.5) is 0 Å². The molecule has 0 aromatic carbocycles. The summed E-state index contributed by atoms with van der Waals surface area (Å²) in [6.45, 7) is 9.38. The fourth-order valence-corrected chi connectivity index (χ4v) is 6.07. The minimum absolute atomic E-state index is 0.252. The summed E-state index contributed by atoms with van der Waals surface area (Å²) in [6, 6.07) is 0. The van der Waals surface area contributed by atoms with Gasteiger partial charge in [0.15, 0.2) is 0 Å². The van der Waals surface area contributed by atoms with Crippen molar-refractivity contribution >= 4 is 0 Å². The molecule has 1 N–H and O–H groups in total. The van der Waals surface area contributed by atoms with Gasteiger partial charge in [-0.05, 0) is 55.8 Å². The van der Waals surface area contributed by atoms with Crippen molar-refractivity contribution in [3.8, 4) is 0 Å². The highest BCUT2D eigenvalue weighted by Gasteiger charge is 2.75. The Hall–Kier alpha value is -0.0400. The van der Waals surface area contributed by atoms with E-state index in [0.717, 1.165) is 12.3 Å². The predicted octanol–water partition coefficient (Wildman–Crippen LogP) is 3.75. The number of aliphatic hydroxyl groups is 1. The topological polar surface area (TPSA) is 20.2 Å². The van der Waals surface area contributed by atoms with Crippen molar-refractivity contribution in [1.29, 1.82) is 0 Å². The van der Waals surface area contributed by atoms with Crippen LogP contribution in [0.2, 0.25) is 0 Å². The summed E-state index contributed by atoms with van der Waals surface area (Å²) in [5, 5.41) is 10.9. The van der Waals surface area contributed by atoms with E-state index in [1.165, 1.54) is 32.1 Å². The van der Waals surface area contributed by atoms with Crippen LogP contribution in [0.25, 0.3) is 0 Å². The molecule has 1 heteroatoms. The van der Waals surface area contributed by atoms with Crippen LogP contribution in [-0.2, 0) is 0 Å². The number of hydrogen-bond donors (Lipinski definition) is 1. The average molecular weight is 222 g/mol. The predicted molar refractivity (Wildman–Crippen MR) is 66.1 cm³/mol. The van der Waals surface area contributed by atoms with Gasteiger partial charge in [0.05, 0.1) is 5.60 Å². The smallest absolute Gasteiger partial charge is 0.0684 e. The first kappa shape index (κ1) is 11.1. The Bertz CT molecular complexity index is 330. The van der Waals surface area contributed by atoms with Crippen molar-refractivity contribution in [2.24, 2.45) is 22.2 Å². The molecule has 16 heavy (non-hydrogen) atoms. The van der Waals surface area contributed by atoms with Crippen LogP contribution in [0.15, 0.2) is 0 Å². The maximum absolute atomic E-state index is 10.9. The molecule has 0 saturated heterocycles. The van der Waals surface area contributed by atoms with Gasteiger partial charge in [0.1, 0.15) is 0 Å². The fraction of sp³-hybridized carbons (Fsp3) is 1.00. The molecule has 1 spiro atoms. The molecule has 3 saturated carbocycles. The van der Waals surface area contributed by atoms with E-state index in [1.54, 1.807) is 0 Å². The van der Waals surface area contributed by atoms with Crippen LogP contribution in [0.5, 0.6) is 0 Å². The third-order valence-electron chi connectivity index (χ3n) is 6.69. The monoisotopic (exact) mass is 222 g/mol. The molecule has 0 amide bonds. The molecule has 0 aromatic rings. The lowest BCUT2D eigenvalue weighted by atomic mass is 9.35. The van der Waals surface area contributed by atoms with Gasteiger partial charge >= 0.3 is 0 Å². The van der Waals surface area contributed by atoms with E-state index in [1.807, 2.05) is 0 Å². The molecule has 3 rings (SSSR count). The highest BCUT2D eigenvalue weighted by molar-refractivity contribution is 5.24. The van der Waals surface area contributed by atoms with E-state index in [2.05, 4.69) is 27.7 Å². The normalized spacial score (nSPS) is 58.7. The van der Waals surface area contributed by atoms with Crippen molar-refractivity contribution in [3.05, 3.63) is 0 Å².